The Morgan fingerprint density at radius 1 is 0.950 bits per heavy atom. The SMILES string of the molecule is Cc1ccc(S(=O)(=O)NCCC(c2ccccc2)c2ccccc2)cc1C(=O)N1Cc2cc(Br)ccc2C(C)C1. The normalized spacial score (nSPS) is 15.2. The van der Waals surface area contributed by atoms with Crippen LogP contribution in [0.3, 0.4) is 0 Å². The number of benzene rings is 4. The molecule has 206 valence electrons. The van der Waals surface area contributed by atoms with E-state index in [1.54, 1.807) is 12.1 Å². The number of fused-ring (bicyclic) bond motifs is 1. The second-order valence-corrected chi connectivity index (χ2v) is 13.1. The summed E-state index contributed by atoms with van der Waals surface area (Å²) in [5.41, 5.74) is 5.80. The van der Waals surface area contributed by atoms with E-state index in [1.165, 1.54) is 11.6 Å². The number of rotatable bonds is 8. The molecule has 1 heterocycles. The highest BCUT2D eigenvalue weighted by Crippen LogP contribution is 2.32. The van der Waals surface area contributed by atoms with Crippen LogP contribution in [0.5, 0.6) is 0 Å². The zero-order valence-electron chi connectivity index (χ0n) is 22.7. The maximum atomic E-state index is 13.7. The molecule has 0 aromatic heterocycles. The van der Waals surface area contributed by atoms with Gasteiger partial charge in [0.25, 0.3) is 5.91 Å². The van der Waals surface area contributed by atoms with E-state index in [9.17, 15) is 13.2 Å². The third-order valence-electron chi connectivity index (χ3n) is 7.66. The van der Waals surface area contributed by atoms with Crippen LogP contribution < -0.4 is 4.72 Å². The lowest BCUT2D eigenvalue weighted by molar-refractivity contribution is 0.0720. The van der Waals surface area contributed by atoms with Crippen LogP contribution in [-0.4, -0.2) is 32.3 Å². The fraction of sp³-hybridized carbons (Fsp3) is 0.242. The molecule has 5 nitrogen and oxygen atoms in total. The molecule has 0 radical (unpaired) electrons. The number of aryl methyl sites for hydroxylation is 1. The number of sulfonamides is 1. The maximum Gasteiger partial charge on any atom is 0.254 e. The molecule has 0 saturated carbocycles. The molecular weight excluding hydrogens is 584 g/mol. The Balaban J connectivity index is 1.32. The Morgan fingerprint density at radius 2 is 1.60 bits per heavy atom. The van der Waals surface area contributed by atoms with Crippen molar-refractivity contribution in [1.82, 2.24) is 9.62 Å². The molecule has 0 spiro atoms. The average molecular weight is 618 g/mol. The molecule has 1 unspecified atom stereocenters. The molecule has 5 rings (SSSR count). The molecule has 0 saturated heterocycles. The molecular formula is C33H33BrN2O3S. The molecule has 4 aromatic rings. The Bertz CT molecular complexity index is 1570. The lowest BCUT2D eigenvalue weighted by Gasteiger charge is -2.33. The number of hydrogen-bond donors (Lipinski definition) is 1. The van der Waals surface area contributed by atoms with Gasteiger partial charge in [0.1, 0.15) is 0 Å². The predicted molar refractivity (Wildman–Crippen MR) is 163 cm³/mol. The van der Waals surface area contributed by atoms with Gasteiger partial charge in [0, 0.05) is 35.6 Å². The second-order valence-electron chi connectivity index (χ2n) is 10.5. The van der Waals surface area contributed by atoms with Crippen LogP contribution in [0.2, 0.25) is 0 Å². The predicted octanol–water partition coefficient (Wildman–Crippen LogP) is 7.02. The highest BCUT2D eigenvalue weighted by atomic mass is 79.9. The number of hydrogen-bond acceptors (Lipinski definition) is 3. The summed E-state index contributed by atoms with van der Waals surface area (Å²) >= 11 is 3.53. The van der Waals surface area contributed by atoms with Gasteiger partial charge in [-0.05, 0) is 71.3 Å². The van der Waals surface area contributed by atoms with Gasteiger partial charge in [-0.2, -0.15) is 0 Å². The summed E-state index contributed by atoms with van der Waals surface area (Å²) in [4.78, 5) is 15.6. The van der Waals surface area contributed by atoms with Crippen molar-refractivity contribution < 1.29 is 13.2 Å². The second kappa shape index (κ2) is 12.1. The van der Waals surface area contributed by atoms with E-state index in [1.807, 2.05) is 54.3 Å². The van der Waals surface area contributed by atoms with Gasteiger partial charge in [0.2, 0.25) is 10.0 Å². The van der Waals surface area contributed by atoms with Crippen LogP contribution >= 0.6 is 15.9 Å². The number of nitrogens with one attached hydrogen (secondary N) is 1. The fourth-order valence-electron chi connectivity index (χ4n) is 5.53. The van der Waals surface area contributed by atoms with Crippen LogP contribution in [-0.2, 0) is 16.6 Å². The van der Waals surface area contributed by atoms with E-state index in [2.05, 4.69) is 64.0 Å². The van der Waals surface area contributed by atoms with Gasteiger partial charge in [-0.25, -0.2) is 13.1 Å². The Kier molecular flexibility index (Phi) is 8.54. The van der Waals surface area contributed by atoms with Crippen LogP contribution in [0.15, 0.2) is 106 Å². The van der Waals surface area contributed by atoms with Crippen LogP contribution in [0, 0.1) is 6.92 Å². The van der Waals surface area contributed by atoms with Gasteiger partial charge >= 0.3 is 0 Å². The van der Waals surface area contributed by atoms with E-state index < -0.39 is 10.0 Å². The minimum atomic E-state index is -3.82. The van der Waals surface area contributed by atoms with E-state index in [4.69, 9.17) is 0 Å². The molecule has 1 aliphatic heterocycles. The Hall–Kier alpha value is -3.26. The Labute approximate surface area is 245 Å². The van der Waals surface area contributed by atoms with E-state index in [0.29, 0.717) is 25.1 Å². The molecule has 1 N–H and O–H groups in total. The minimum Gasteiger partial charge on any atom is -0.334 e. The first-order chi connectivity index (χ1) is 19.2. The molecule has 0 bridgehead atoms. The fourth-order valence-corrected chi connectivity index (χ4v) is 7.01. The first kappa shape index (κ1) is 28.3. The highest BCUT2D eigenvalue weighted by molar-refractivity contribution is 9.10. The quantitative estimate of drug-likeness (QED) is 0.231. The van der Waals surface area contributed by atoms with Crippen molar-refractivity contribution in [2.24, 2.45) is 0 Å². The van der Waals surface area contributed by atoms with Gasteiger partial charge in [0.15, 0.2) is 0 Å². The topological polar surface area (TPSA) is 66.5 Å². The Morgan fingerprint density at radius 3 is 2.25 bits per heavy atom. The standard InChI is InChI=1S/C33H33BrN2O3S/c1-23-13-15-29(20-32(23)33(37)36-21-24(2)30-16-14-28(34)19-27(30)22-36)40(38,39)35-18-17-31(25-9-5-3-6-10-25)26-11-7-4-8-12-26/h3-16,19-20,24,31,35H,17-18,21-22H2,1-2H3. The first-order valence-corrected chi connectivity index (χ1v) is 15.8. The summed E-state index contributed by atoms with van der Waals surface area (Å²) in [5.74, 6) is 0.0985. The van der Waals surface area contributed by atoms with Crippen molar-refractivity contribution in [3.05, 3.63) is 135 Å². The molecule has 1 aliphatic rings. The molecule has 0 fully saturated rings. The summed E-state index contributed by atoms with van der Waals surface area (Å²) in [7, 11) is -3.82. The van der Waals surface area contributed by atoms with Gasteiger partial charge in [0.05, 0.1) is 4.90 Å². The zero-order chi connectivity index (χ0) is 28.3. The summed E-state index contributed by atoms with van der Waals surface area (Å²) in [6.45, 7) is 5.31. The van der Waals surface area contributed by atoms with Crippen molar-refractivity contribution in [2.45, 2.75) is 43.5 Å². The van der Waals surface area contributed by atoms with Crippen molar-refractivity contribution >= 4 is 31.9 Å². The number of carbonyl (C=O) groups is 1. The lowest BCUT2D eigenvalue weighted by Crippen LogP contribution is -2.38. The van der Waals surface area contributed by atoms with E-state index in [0.717, 1.165) is 26.7 Å². The average Bonchev–Trinajstić information content (AvgIpc) is 2.95. The van der Waals surface area contributed by atoms with Crippen molar-refractivity contribution in [2.75, 3.05) is 13.1 Å². The zero-order valence-corrected chi connectivity index (χ0v) is 25.1. The molecule has 0 aliphatic carbocycles. The summed E-state index contributed by atoms with van der Waals surface area (Å²) in [6, 6.07) is 31.3. The molecule has 7 heteroatoms. The number of nitrogens with zero attached hydrogens (tertiary/aromatic N) is 1. The van der Waals surface area contributed by atoms with Crippen molar-refractivity contribution in [3.8, 4) is 0 Å². The lowest BCUT2D eigenvalue weighted by atomic mass is 9.89. The van der Waals surface area contributed by atoms with Gasteiger partial charge < -0.3 is 4.90 Å². The van der Waals surface area contributed by atoms with Gasteiger partial charge in [-0.1, -0.05) is 95.7 Å². The summed E-state index contributed by atoms with van der Waals surface area (Å²) < 4.78 is 30.5. The van der Waals surface area contributed by atoms with Gasteiger partial charge in [-0.3, -0.25) is 4.79 Å². The molecule has 1 amide bonds. The first-order valence-electron chi connectivity index (χ1n) is 13.5. The maximum absolute atomic E-state index is 13.7. The molecule has 4 aromatic carbocycles. The van der Waals surface area contributed by atoms with Crippen LogP contribution in [0.4, 0.5) is 0 Å². The van der Waals surface area contributed by atoms with Crippen molar-refractivity contribution in [3.63, 3.8) is 0 Å². The monoisotopic (exact) mass is 616 g/mol. The minimum absolute atomic E-state index is 0.0595. The molecule has 1 atom stereocenters. The molecule has 40 heavy (non-hydrogen) atoms. The third kappa shape index (κ3) is 6.22. The van der Waals surface area contributed by atoms with Crippen molar-refractivity contribution in [1.29, 1.82) is 0 Å². The smallest absolute Gasteiger partial charge is 0.254 e. The van der Waals surface area contributed by atoms with Crippen LogP contribution in [0.1, 0.15) is 63.4 Å². The highest BCUT2D eigenvalue weighted by Gasteiger charge is 2.28. The number of halogens is 1. The van der Waals surface area contributed by atoms with Crippen LogP contribution in [0.25, 0.3) is 0 Å². The summed E-state index contributed by atoms with van der Waals surface area (Å²) in [5, 5.41) is 0. The number of amides is 1. The number of carbonyl (C=O) groups excluding carboxylic acids is 1. The van der Waals surface area contributed by atoms with Gasteiger partial charge in [-0.15, -0.1) is 0 Å². The van der Waals surface area contributed by atoms with E-state index >= 15 is 0 Å². The largest absolute Gasteiger partial charge is 0.334 e. The summed E-state index contributed by atoms with van der Waals surface area (Å²) in [6.07, 6.45) is 0.603. The third-order valence-corrected chi connectivity index (χ3v) is 9.61. The van der Waals surface area contributed by atoms with E-state index in [-0.39, 0.29) is 29.2 Å².